The standard InChI is InChI=1S/C15H24ClN3/c1-18-8-4-7-15(11-17,12-18)19(2)10-13-5-3-6-14(16)9-13/h3,5-6,9H,4,7-8,10-12,17H2,1-2H3. The van der Waals surface area contributed by atoms with Crippen LogP contribution in [0, 0.1) is 0 Å². The van der Waals surface area contributed by atoms with E-state index in [9.17, 15) is 0 Å². The van der Waals surface area contributed by atoms with Crippen LogP contribution in [0.1, 0.15) is 18.4 Å². The van der Waals surface area contributed by atoms with Crippen molar-refractivity contribution in [2.75, 3.05) is 33.7 Å². The van der Waals surface area contributed by atoms with Crippen molar-refractivity contribution in [1.82, 2.24) is 9.80 Å². The van der Waals surface area contributed by atoms with Crippen molar-refractivity contribution in [3.63, 3.8) is 0 Å². The number of nitrogens with two attached hydrogens (primary N) is 1. The van der Waals surface area contributed by atoms with Gasteiger partial charge in [-0.05, 0) is 51.2 Å². The number of hydrogen-bond donors (Lipinski definition) is 1. The molecular weight excluding hydrogens is 258 g/mol. The Morgan fingerprint density at radius 1 is 1.47 bits per heavy atom. The number of halogens is 1. The molecule has 1 saturated heterocycles. The number of nitrogens with zero attached hydrogens (tertiary/aromatic N) is 2. The van der Waals surface area contributed by atoms with Crippen molar-refractivity contribution in [2.24, 2.45) is 5.73 Å². The van der Waals surface area contributed by atoms with E-state index in [1.165, 1.54) is 24.9 Å². The largest absolute Gasteiger partial charge is 0.329 e. The van der Waals surface area contributed by atoms with E-state index in [1.54, 1.807) is 0 Å². The molecule has 0 amide bonds. The molecule has 1 atom stereocenters. The number of rotatable bonds is 4. The summed E-state index contributed by atoms with van der Waals surface area (Å²) in [4.78, 5) is 4.78. The average Bonchev–Trinajstić information content (AvgIpc) is 2.38. The smallest absolute Gasteiger partial charge is 0.0459 e. The maximum Gasteiger partial charge on any atom is 0.0459 e. The van der Waals surface area contributed by atoms with Crippen molar-refractivity contribution in [3.8, 4) is 0 Å². The Morgan fingerprint density at radius 2 is 2.26 bits per heavy atom. The van der Waals surface area contributed by atoms with Crippen molar-refractivity contribution < 1.29 is 0 Å². The molecule has 4 heteroatoms. The highest BCUT2D eigenvalue weighted by Gasteiger charge is 2.36. The van der Waals surface area contributed by atoms with Gasteiger partial charge >= 0.3 is 0 Å². The van der Waals surface area contributed by atoms with Crippen molar-refractivity contribution >= 4 is 11.6 Å². The summed E-state index contributed by atoms with van der Waals surface area (Å²) in [7, 11) is 4.35. The van der Waals surface area contributed by atoms with E-state index < -0.39 is 0 Å². The topological polar surface area (TPSA) is 32.5 Å². The maximum absolute atomic E-state index is 6.09. The lowest BCUT2D eigenvalue weighted by molar-refractivity contribution is 0.0396. The van der Waals surface area contributed by atoms with E-state index >= 15 is 0 Å². The summed E-state index contributed by atoms with van der Waals surface area (Å²) >= 11 is 6.05. The van der Waals surface area contributed by atoms with Crippen LogP contribution in [-0.4, -0.2) is 49.1 Å². The minimum Gasteiger partial charge on any atom is -0.329 e. The zero-order chi connectivity index (χ0) is 13.9. The molecule has 0 aromatic heterocycles. The lowest BCUT2D eigenvalue weighted by Crippen LogP contribution is -2.60. The molecule has 2 rings (SSSR count). The summed E-state index contributed by atoms with van der Waals surface area (Å²) in [5, 5.41) is 0.800. The molecule has 0 aliphatic carbocycles. The van der Waals surface area contributed by atoms with Gasteiger partial charge in [-0.1, -0.05) is 23.7 Å². The second-order valence-electron chi connectivity index (χ2n) is 5.76. The van der Waals surface area contributed by atoms with Crippen LogP contribution in [0.4, 0.5) is 0 Å². The highest BCUT2D eigenvalue weighted by molar-refractivity contribution is 6.30. The first kappa shape index (κ1) is 14.8. The average molecular weight is 282 g/mol. The Bertz CT molecular complexity index is 424. The van der Waals surface area contributed by atoms with Crippen LogP contribution in [0.5, 0.6) is 0 Å². The first-order valence-corrected chi connectivity index (χ1v) is 7.28. The van der Waals surface area contributed by atoms with Gasteiger partial charge in [0.1, 0.15) is 0 Å². The molecule has 1 aromatic rings. The van der Waals surface area contributed by atoms with Crippen LogP contribution >= 0.6 is 11.6 Å². The normalized spacial score (nSPS) is 24.9. The predicted molar refractivity (Wildman–Crippen MR) is 81.4 cm³/mol. The summed E-state index contributed by atoms with van der Waals surface area (Å²) in [5.74, 6) is 0. The number of likely N-dealkylation sites (tertiary alicyclic amines) is 1. The molecule has 0 spiro atoms. The van der Waals surface area contributed by atoms with E-state index in [2.05, 4.69) is 30.0 Å². The maximum atomic E-state index is 6.09. The molecule has 1 aliphatic heterocycles. The predicted octanol–water partition coefficient (Wildman–Crippen LogP) is 2.19. The summed E-state index contributed by atoms with van der Waals surface area (Å²) in [5.41, 5.74) is 7.43. The molecule has 19 heavy (non-hydrogen) atoms. The van der Waals surface area contributed by atoms with Crippen LogP contribution in [0.25, 0.3) is 0 Å². The highest BCUT2D eigenvalue weighted by Crippen LogP contribution is 2.27. The van der Waals surface area contributed by atoms with Gasteiger partial charge in [0.25, 0.3) is 0 Å². The third-order valence-electron chi connectivity index (χ3n) is 4.24. The van der Waals surface area contributed by atoms with E-state index in [-0.39, 0.29) is 5.54 Å². The second kappa shape index (κ2) is 6.23. The first-order chi connectivity index (χ1) is 9.05. The van der Waals surface area contributed by atoms with E-state index in [4.69, 9.17) is 17.3 Å². The molecule has 0 radical (unpaired) electrons. The van der Waals surface area contributed by atoms with Gasteiger partial charge in [0.2, 0.25) is 0 Å². The molecule has 1 aromatic carbocycles. The third kappa shape index (κ3) is 3.48. The van der Waals surface area contributed by atoms with Crippen LogP contribution in [0.2, 0.25) is 5.02 Å². The van der Waals surface area contributed by atoms with Gasteiger partial charge in [0, 0.05) is 30.2 Å². The molecule has 1 aliphatic rings. The summed E-state index contributed by atoms with van der Waals surface area (Å²) < 4.78 is 0. The Kier molecular flexibility index (Phi) is 4.85. The second-order valence-corrected chi connectivity index (χ2v) is 6.19. The lowest BCUT2D eigenvalue weighted by atomic mass is 9.87. The van der Waals surface area contributed by atoms with Crippen molar-refractivity contribution in [3.05, 3.63) is 34.9 Å². The SMILES string of the molecule is CN1CCCC(CN)(N(C)Cc2cccc(Cl)c2)C1. The van der Waals surface area contributed by atoms with Crippen LogP contribution in [-0.2, 0) is 6.54 Å². The van der Waals surface area contributed by atoms with Gasteiger partial charge < -0.3 is 10.6 Å². The zero-order valence-electron chi connectivity index (χ0n) is 11.9. The minimum atomic E-state index is 0.0926. The van der Waals surface area contributed by atoms with Gasteiger partial charge in [-0.3, -0.25) is 4.90 Å². The van der Waals surface area contributed by atoms with Crippen LogP contribution in [0.3, 0.4) is 0 Å². The van der Waals surface area contributed by atoms with Crippen molar-refractivity contribution in [1.29, 1.82) is 0 Å². The van der Waals surface area contributed by atoms with Gasteiger partial charge in [-0.25, -0.2) is 0 Å². The Balaban J connectivity index is 2.10. The van der Waals surface area contributed by atoms with Gasteiger partial charge in [0.15, 0.2) is 0 Å². The summed E-state index contributed by atoms with van der Waals surface area (Å²) in [6.45, 7) is 3.81. The van der Waals surface area contributed by atoms with Crippen LogP contribution < -0.4 is 5.73 Å². The fourth-order valence-corrected chi connectivity index (χ4v) is 3.26. The third-order valence-corrected chi connectivity index (χ3v) is 4.48. The summed E-state index contributed by atoms with van der Waals surface area (Å²) in [6, 6.07) is 8.08. The Morgan fingerprint density at radius 3 is 2.89 bits per heavy atom. The van der Waals surface area contributed by atoms with Crippen LogP contribution in [0.15, 0.2) is 24.3 Å². The van der Waals surface area contributed by atoms with Gasteiger partial charge in [-0.15, -0.1) is 0 Å². The van der Waals surface area contributed by atoms with Gasteiger partial charge in [-0.2, -0.15) is 0 Å². The summed E-state index contributed by atoms with van der Waals surface area (Å²) in [6.07, 6.45) is 2.39. The lowest BCUT2D eigenvalue weighted by Gasteiger charge is -2.47. The minimum absolute atomic E-state index is 0.0926. The first-order valence-electron chi connectivity index (χ1n) is 6.90. The Hall–Kier alpha value is -0.610. The number of benzene rings is 1. The fraction of sp³-hybridized carbons (Fsp3) is 0.600. The molecule has 3 nitrogen and oxygen atoms in total. The number of likely N-dealkylation sites (N-methyl/N-ethyl adjacent to an activating group) is 2. The van der Waals surface area contributed by atoms with Crippen molar-refractivity contribution in [2.45, 2.75) is 24.9 Å². The molecule has 1 fully saturated rings. The monoisotopic (exact) mass is 281 g/mol. The number of piperidine rings is 1. The molecule has 2 N–H and O–H groups in total. The molecule has 106 valence electrons. The highest BCUT2D eigenvalue weighted by atomic mass is 35.5. The van der Waals surface area contributed by atoms with Gasteiger partial charge in [0.05, 0.1) is 0 Å². The molecule has 0 bridgehead atoms. The van der Waals surface area contributed by atoms with E-state index in [0.29, 0.717) is 6.54 Å². The number of hydrogen-bond acceptors (Lipinski definition) is 3. The molecule has 0 saturated carbocycles. The molecule has 1 heterocycles. The fourth-order valence-electron chi connectivity index (χ4n) is 3.05. The molecule has 1 unspecified atom stereocenters. The Labute approximate surface area is 121 Å². The zero-order valence-corrected chi connectivity index (χ0v) is 12.7. The van der Waals surface area contributed by atoms with E-state index in [0.717, 1.165) is 18.1 Å². The molecular formula is C15H24ClN3. The van der Waals surface area contributed by atoms with E-state index in [1.807, 2.05) is 18.2 Å². The quantitative estimate of drug-likeness (QED) is 0.918.